The molecule has 1 saturated heterocycles. The van der Waals surface area contributed by atoms with Crippen molar-refractivity contribution in [3.8, 4) is 0 Å². The van der Waals surface area contributed by atoms with Crippen molar-refractivity contribution in [1.29, 1.82) is 0 Å². The second kappa shape index (κ2) is 5.46. The molecule has 1 aliphatic heterocycles. The summed E-state index contributed by atoms with van der Waals surface area (Å²) in [5.41, 5.74) is 8.51. The fourth-order valence-electron chi connectivity index (χ4n) is 2.65. The lowest BCUT2D eigenvalue weighted by molar-refractivity contribution is 0.320. The maximum atomic E-state index is 5.78. The van der Waals surface area contributed by atoms with Crippen LogP contribution in [0.4, 0.5) is 0 Å². The molecule has 0 bridgehead atoms. The van der Waals surface area contributed by atoms with E-state index >= 15 is 0 Å². The highest BCUT2D eigenvalue weighted by molar-refractivity contribution is 5.30. The Morgan fingerprint density at radius 1 is 1.25 bits per heavy atom. The largest absolute Gasteiger partial charge is 0.326 e. The lowest BCUT2D eigenvalue weighted by Gasteiger charge is -2.22. The number of nitrogens with zero attached hydrogens (tertiary/aromatic N) is 1. The summed E-state index contributed by atoms with van der Waals surface area (Å²) in [6.07, 6.45) is 2.73. The molecule has 1 heterocycles. The number of hydrogen-bond acceptors (Lipinski definition) is 2. The molecule has 0 saturated carbocycles. The molecule has 88 valence electrons. The van der Waals surface area contributed by atoms with Crippen molar-refractivity contribution in [1.82, 2.24) is 4.90 Å². The van der Waals surface area contributed by atoms with E-state index in [1.165, 1.54) is 43.6 Å². The van der Waals surface area contributed by atoms with Crippen molar-refractivity contribution in [3.05, 3.63) is 35.4 Å². The molecule has 0 aliphatic carbocycles. The molecule has 0 aromatic heterocycles. The Bertz CT molecular complexity index is 329. The van der Waals surface area contributed by atoms with Crippen molar-refractivity contribution in [2.45, 2.75) is 32.2 Å². The molecule has 0 amide bonds. The normalized spacial score (nSPS) is 18.9. The quantitative estimate of drug-likeness (QED) is 0.840. The van der Waals surface area contributed by atoms with Crippen LogP contribution in [0.1, 0.15) is 36.8 Å². The molecule has 2 nitrogen and oxygen atoms in total. The minimum atomic E-state index is 0.595. The molecule has 2 N–H and O–H groups in total. The molecule has 1 aliphatic rings. The molecular weight excluding hydrogens is 196 g/mol. The zero-order valence-electron chi connectivity index (χ0n) is 10.2. The van der Waals surface area contributed by atoms with Crippen molar-refractivity contribution in [2.75, 3.05) is 19.6 Å². The van der Waals surface area contributed by atoms with E-state index in [0.717, 1.165) is 0 Å². The molecule has 1 unspecified atom stereocenters. The van der Waals surface area contributed by atoms with Gasteiger partial charge in [0.25, 0.3) is 0 Å². The second-order valence-electron chi connectivity index (χ2n) is 4.81. The van der Waals surface area contributed by atoms with Gasteiger partial charge in [-0.05, 0) is 43.0 Å². The Morgan fingerprint density at radius 3 is 2.62 bits per heavy atom. The SMILES string of the molecule is CC(CN1CCCC1)c1ccccc1CN. The summed E-state index contributed by atoms with van der Waals surface area (Å²) in [4.78, 5) is 2.57. The van der Waals surface area contributed by atoms with Gasteiger partial charge in [-0.1, -0.05) is 31.2 Å². The molecule has 1 fully saturated rings. The number of likely N-dealkylation sites (tertiary alicyclic amines) is 1. The summed E-state index contributed by atoms with van der Waals surface area (Å²) in [5, 5.41) is 0. The molecule has 1 aromatic carbocycles. The van der Waals surface area contributed by atoms with Gasteiger partial charge in [-0.15, -0.1) is 0 Å². The maximum absolute atomic E-state index is 5.78. The summed E-state index contributed by atoms with van der Waals surface area (Å²) in [6.45, 7) is 6.69. The van der Waals surface area contributed by atoms with Gasteiger partial charge in [0.1, 0.15) is 0 Å². The van der Waals surface area contributed by atoms with Gasteiger partial charge in [0, 0.05) is 13.1 Å². The van der Waals surface area contributed by atoms with Crippen LogP contribution in [0, 0.1) is 0 Å². The van der Waals surface area contributed by atoms with Gasteiger partial charge in [0.15, 0.2) is 0 Å². The van der Waals surface area contributed by atoms with Gasteiger partial charge in [0.05, 0.1) is 0 Å². The average molecular weight is 218 g/mol. The Hall–Kier alpha value is -0.860. The minimum Gasteiger partial charge on any atom is -0.326 e. The highest BCUT2D eigenvalue weighted by atomic mass is 15.1. The van der Waals surface area contributed by atoms with E-state index in [-0.39, 0.29) is 0 Å². The molecular formula is C14H22N2. The maximum Gasteiger partial charge on any atom is 0.0180 e. The van der Waals surface area contributed by atoms with Crippen LogP contribution in [0.3, 0.4) is 0 Å². The summed E-state index contributed by atoms with van der Waals surface area (Å²) < 4.78 is 0. The summed E-state index contributed by atoms with van der Waals surface area (Å²) in [6, 6.07) is 8.57. The van der Waals surface area contributed by atoms with Gasteiger partial charge >= 0.3 is 0 Å². The molecule has 0 spiro atoms. The zero-order valence-corrected chi connectivity index (χ0v) is 10.2. The van der Waals surface area contributed by atoms with E-state index < -0.39 is 0 Å². The summed E-state index contributed by atoms with van der Waals surface area (Å²) >= 11 is 0. The van der Waals surface area contributed by atoms with Crippen LogP contribution in [0.15, 0.2) is 24.3 Å². The van der Waals surface area contributed by atoms with Crippen LogP contribution < -0.4 is 5.73 Å². The van der Waals surface area contributed by atoms with E-state index in [1.54, 1.807) is 0 Å². The van der Waals surface area contributed by atoms with Gasteiger partial charge in [0.2, 0.25) is 0 Å². The van der Waals surface area contributed by atoms with E-state index in [1.807, 2.05) is 0 Å². The first kappa shape index (κ1) is 11.6. The first-order valence-corrected chi connectivity index (χ1v) is 6.31. The van der Waals surface area contributed by atoms with Crippen molar-refractivity contribution in [3.63, 3.8) is 0 Å². The highest BCUT2D eigenvalue weighted by Crippen LogP contribution is 2.22. The number of benzene rings is 1. The predicted molar refractivity (Wildman–Crippen MR) is 68.4 cm³/mol. The third kappa shape index (κ3) is 2.63. The lowest BCUT2D eigenvalue weighted by atomic mass is 9.95. The Morgan fingerprint density at radius 2 is 1.94 bits per heavy atom. The summed E-state index contributed by atoms with van der Waals surface area (Å²) in [5.74, 6) is 0.595. The predicted octanol–water partition coefficient (Wildman–Crippen LogP) is 2.34. The molecule has 2 rings (SSSR count). The van der Waals surface area contributed by atoms with Crippen molar-refractivity contribution < 1.29 is 0 Å². The fraction of sp³-hybridized carbons (Fsp3) is 0.571. The van der Waals surface area contributed by atoms with Crippen LogP contribution >= 0.6 is 0 Å². The lowest BCUT2D eigenvalue weighted by Crippen LogP contribution is -2.25. The number of hydrogen-bond donors (Lipinski definition) is 1. The number of rotatable bonds is 4. The molecule has 1 atom stereocenters. The smallest absolute Gasteiger partial charge is 0.0180 e. The van der Waals surface area contributed by atoms with Gasteiger partial charge in [-0.25, -0.2) is 0 Å². The van der Waals surface area contributed by atoms with E-state index in [9.17, 15) is 0 Å². The van der Waals surface area contributed by atoms with Crippen LogP contribution in [0.5, 0.6) is 0 Å². The average Bonchev–Trinajstić information content (AvgIpc) is 2.81. The van der Waals surface area contributed by atoms with Crippen LogP contribution in [-0.2, 0) is 6.54 Å². The highest BCUT2D eigenvalue weighted by Gasteiger charge is 2.16. The van der Waals surface area contributed by atoms with E-state index in [0.29, 0.717) is 12.5 Å². The van der Waals surface area contributed by atoms with Crippen molar-refractivity contribution in [2.24, 2.45) is 5.73 Å². The first-order valence-electron chi connectivity index (χ1n) is 6.31. The zero-order chi connectivity index (χ0) is 11.4. The molecule has 2 heteroatoms. The Kier molecular flexibility index (Phi) is 3.97. The van der Waals surface area contributed by atoms with E-state index in [2.05, 4.69) is 36.1 Å². The summed E-state index contributed by atoms with van der Waals surface area (Å²) in [7, 11) is 0. The van der Waals surface area contributed by atoms with Gasteiger partial charge < -0.3 is 10.6 Å². The first-order chi connectivity index (χ1) is 7.81. The third-order valence-electron chi connectivity index (χ3n) is 3.54. The second-order valence-corrected chi connectivity index (χ2v) is 4.81. The fourth-order valence-corrected chi connectivity index (χ4v) is 2.65. The molecule has 0 radical (unpaired) electrons. The van der Waals surface area contributed by atoms with Crippen LogP contribution in [0.2, 0.25) is 0 Å². The Balaban J connectivity index is 2.04. The minimum absolute atomic E-state index is 0.595. The number of nitrogens with two attached hydrogens (primary N) is 1. The molecule has 16 heavy (non-hydrogen) atoms. The monoisotopic (exact) mass is 218 g/mol. The van der Waals surface area contributed by atoms with Gasteiger partial charge in [-0.2, -0.15) is 0 Å². The Labute approximate surface area is 98.4 Å². The van der Waals surface area contributed by atoms with Crippen LogP contribution in [-0.4, -0.2) is 24.5 Å². The van der Waals surface area contributed by atoms with Gasteiger partial charge in [-0.3, -0.25) is 0 Å². The molecule has 1 aromatic rings. The van der Waals surface area contributed by atoms with Crippen molar-refractivity contribution >= 4 is 0 Å². The van der Waals surface area contributed by atoms with Crippen LogP contribution in [0.25, 0.3) is 0 Å². The standard InChI is InChI=1S/C14H22N2/c1-12(11-16-8-4-5-9-16)14-7-3-2-6-13(14)10-15/h2-3,6-7,12H,4-5,8-11,15H2,1H3. The third-order valence-corrected chi connectivity index (χ3v) is 3.54. The topological polar surface area (TPSA) is 29.3 Å². The van der Waals surface area contributed by atoms with E-state index in [4.69, 9.17) is 5.73 Å².